The Morgan fingerprint density at radius 2 is 2.13 bits per heavy atom. The first-order valence-corrected chi connectivity index (χ1v) is 4.48. The standard InChI is InChI=1S/C10H9F2NO2/c11-4-1-5-6(10(14)15)3-8(13)9(5)7(12)2-4/h1-2,6,8H,3,13H2,(H,14,15). The average molecular weight is 213 g/mol. The molecule has 3 nitrogen and oxygen atoms in total. The van der Waals surface area contributed by atoms with Crippen molar-refractivity contribution < 1.29 is 18.7 Å². The summed E-state index contributed by atoms with van der Waals surface area (Å²) >= 11 is 0. The van der Waals surface area contributed by atoms with E-state index in [0.717, 1.165) is 12.1 Å². The van der Waals surface area contributed by atoms with Gasteiger partial charge in [-0.2, -0.15) is 0 Å². The van der Waals surface area contributed by atoms with E-state index in [4.69, 9.17) is 10.8 Å². The summed E-state index contributed by atoms with van der Waals surface area (Å²) in [6.07, 6.45) is 0.116. The number of fused-ring (bicyclic) bond motifs is 1. The van der Waals surface area contributed by atoms with E-state index in [9.17, 15) is 13.6 Å². The molecule has 0 saturated heterocycles. The van der Waals surface area contributed by atoms with Crippen LogP contribution < -0.4 is 5.73 Å². The van der Waals surface area contributed by atoms with Crippen molar-refractivity contribution in [2.75, 3.05) is 0 Å². The maximum Gasteiger partial charge on any atom is 0.311 e. The zero-order chi connectivity index (χ0) is 11.2. The molecule has 1 aliphatic rings. The Bertz CT molecular complexity index is 434. The van der Waals surface area contributed by atoms with Gasteiger partial charge in [-0.1, -0.05) is 0 Å². The number of carboxylic acid groups (broad SMARTS) is 1. The van der Waals surface area contributed by atoms with Crippen LogP contribution in [0.4, 0.5) is 8.78 Å². The van der Waals surface area contributed by atoms with Gasteiger partial charge >= 0.3 is 5.97 Å². The van der Waals surface area contributed by atoms with Crippen molar-refractivity contribution in [1.29, 1.82) is 0 Å². The predicted octanol–water partition coefficient (Wildman–Crippen LogP) is 1.54. The molecule has 0 amide bonds. The molecule has 0 heterocycles. The van der Waals surface area contributed by atoms with Gasteiger partial charge in [0.1, 0.15) is 11.6 Å². The van der Waals surface area contributed by atoms with E-state index in [1.807, 2.05) is 0 Å². The molecule has 0 saturated carbocycles. The van der Waals surface area contributed by atoms with E-state index in [0.29, 0.717) is 0 Å². The molecule has 0 spiro atoms. The van der Waals surface area contributed by atoms with E-state index >= 15 is 0 Å². The SMILES string of the molecule is NC1CC(C(=O)O)c2cc(F)cc(F)c21. The molecule has 2 atom stereocenters. The van der Waals surface area contributed by atoms with E-state index in [1.54, 1.807) is 0 Å². The van der Waals surface area contributed by atoms with Gasteiger partial charge in [-0.25, -0.2) is 8.78 Å². The first kappa shape index (κ1) is 10.0. The summed E-state index contributed by atoms with van der Waals surface area (Å²) < 4.78 is 26.2. The topological polar surface area (TPSA) is 63.3 Å². The molecule has 80 valence electrons. The van der Waals surface area contributed by atoms with Gasteiger partial charge in [0.25, 0.3) is 0 Å². The van der Waals surface area contributed by atoms with Gasteiger partial charge in [0.2, 0.25) is 0 Å². The van der Waals surface area contributed by atoms with Crippen molar-refractivity contribution in [2.24, 2.45) is 5.73 Å². The number of hydrogen-bond donors (Lipinski definition) is 2. The molecule has 0 radical (unpaired) electrons. The number of carbonyl (C=O) groups is 1. The first-order valence-electron chi connectivity index (χ1n) is 4.48. The largest absolute Gasteiger partial charge is 0.481 e. The average Bonchev–Trinajstić information content (AvgIpc) is 2.42. The van der Waals surface area contributed by atoms with Crippen LogP contribution in [0.15, 0.2) is 12.1 Å². The smallest absolute Gasteiger partial charge is 0.311 e. The van der Waals surface area contributed by atoms with Crippen molar-refractivity contribution in [3.05, 3.63) is 34.9 Å². The quantitative estimate of drug-likeness (QED) is 0.743. The van der Waals surface area contributed by atoms with Gasteiger partial charge in [-0.3, -0.25) is 4.79 Å². The van der Waals surface area contributed by atoms with Gasteiger partial charge < -0.3 is 10.8 Å². The highest BCUT2D eigenvalue weighted by atomic mass is 19.1. The van der Waals surface area contributed by atoms with Crippen LogP contribution >= 0.6 is 0 Å². The number of nitrogens with two attached hydrogens (primary N) is 1. The van der Waals surface area contributed by atoms with Gasteiger partial charge in [0.05, 0.1) is 5.92 Å². The molecule has 0 bridgehead atoms. The molecule has 15 heavy (non-hydrogen) atoms. The number of carboxylic acids is 1. The monoisotopic (exact) mass is 213 g/mol. The number of benzene rings is 1. The minimum Gasteiger partial charge on any atom is -0.481 e. The summed E-state index contributed by atoms with van der Waals surface area (Å²) in [5.74, 6) is -3.54. The highest BCUT2D eigenvalue weighted by Gasteiger charge is 2.36. The molecule has 1 aromatic carbocycles. The summed E-state index contributed by atoms with van der Waals surface area (Å²) in [7, 11) is 0. The Morgan fingerprint density at radius 1 is 1.47 bits per heavy atom. The van der Waals surface area contributed by atoms with Gasteiger partial charge in [-0.05, 0) is 18.1 Å². The molecule has 1 aliphatic carbocycles. The zero-order valence-corrected chi connectivity index (χ0v) is 7.71. The number of rotatable bonds is 1. The summed E-state index contributed by atoms with van der Waals surface area (Å²) in [4.78, 5) is 10.8. The first-order chi connectivity index (χ1) is 7.00. The highest BCUT2D eigenvalue weighted by Crippen LogP contribution is 2.40. The Labute approximate surface area is 84.5 Å². The molecule has 3 N–H and O–H groups in total. The lowest BCUT2D eigenvalue weighted by Crippen LogP contribution is -2.10. The van der Waals surface area contributed by atoms with Crippen LogP contribution in [0.1, 0.15) is 29.5 Å². The van der Waals surface area contributed by atoms with Crippen molar-refractivity contribution >= 4 is 5.97 Å². The van der Waals surface area contributed by atoms with Crippen LogP contribution in [0.3, 0.4) is 0 Å². The molecule has 5 heteroatoms. The minimum absolute atomic E-state index is 0.116. The molecule has 2 unspecified atom stereocenters. The number of halogens is 2. The normalized spacial score (nSPS) is 23.9. The highest BCUT2D eigenvalue weighted by molar-refractivity contribution is 5.78. The Balaban J connectivity index is 2.60. The Morgan fingerprint density at radius 3 is 2.73 bits per heavy atom. The third-order valence-corrected chi connectivity index (χ3v) is 2.66. The second kappa shape index (κ2) is 3.27. The van der Waals surface area contributed by atoms with Crippen LogP contribution in [0.5, 0.6) is 0 Å². The van der Waals surface area contributed by atoms with Crippen LogP contribution in [-0.4, -0.2) is 11.1 Å². The van der Waals surface area contributed by atoms with E-state index < -0.39 is 29.6 Å². The fourth-order valence-corrected chi connectivity index (χ4v) is 2.02. The van der Waals surface area contributed by atoms with Crippen LogP contribution in [-0.2, 0) is 4.79 Å². The summed E-state index contributed by atoms with van der Waals surface area (Å²) in [5, 5.41) is 8.86. The summed E-state index contributed by atoms with van der Waals surface area (Å²) in [6, 6.07) is 1.11. The lowest BCUT2D eigenvalue weighted by atomic mass is 10.0. The maximum atomic E-state index is 13.3. The minimum atomic E-state index is -1.10. The maximum absolute atomic E-state index is 13.3. The lowest BCUT2D eigenvalue weighted by molar-refractivity contribution is -0.138. The number of aliphatic carboxylic acids is 1. The molecular weight excluding hydrogens is 204 g/mol. The summed E-state index contributed by atoms with van der Waals surface area (Å²) in [6.45, 7) is 0. The molecule has 0 fully saturated rings. The molecule has 0 aliphatic heterocycles. The Hall–Kier alpha value is -1.49. The fraction of sp³-hybridized carbons (Fsp3) is 0.300. The van der Waals surface area contributed by atoms with E-state index in [1.165, 1.54) is 0 Å². The van der Waals surface area contributed by atoms with Crippen LogP contribution in [0, 0.1) is 11.6 Å². The lowest BCUT2D eigenvalue weighted by Gasteiger charge is -2.06. The molecular formula is C10H9F2NO2. The Kier molecular flexibility index (Phi) is 2.19. The zero-order valence-electron chi connectivity index (χ0n) is 7.71. The van der Waals surface area contributed by atoms with Crippen molar-refractivity contribution in [1.82, 2.24) is 0 Å². The fourth-order valence-electron chi connectivity index (χ4n) is 2.02. The van der Waals surface area contributed by atoms with Gasteiger partial charge in [0, 0.05) is 17.7 Å². The van der Waals surface area contributed by atoms with Crippen molar-refractivity contribution in [3.63, 3.8) is 0 Å². The van der Waals surface area contributed by atoms with Crippen molar-refractivity contribution in [2.45, 2.75) is 18.4 Å². The second-order valence-electron chi connectivity index (χ2n) is 3.62. The van der Waals surface area contributed by atoms with E-state index in [-0.39, 0.29) is 17.5 Å². The predicted molar refractivity (Wildman–Crippen MR) is 48.3 cm³/mol. The molecule has 1 aromatic rings. The van der Waals surface area contributed by atoms with Gasteiger partial charge in [-0.15, -0.1) is 0 Å². The second-order valence-corrected chi connectivity index (χ2v) is 3.62. The van der Waals surface area contributed by atoms with Crippen LogP contribution in [0.2, 0.25) is 0 Å². The molecule has 0 aromatic heterocycles. The molecule has 2 rings (SSSR count). The van der Waals surface area contributed by atoms with Crippen LogP contribution in [0.25, 0.3) is 0 Å². The third-order valence-electron chi connectivity index (χ3n) is 2.66. The van der Waals surface area contributed by atoms with E-state index in [2.05, 4.69) is 0 Å². The number of hydrogen-bond acceptors (Lipinski definition) is 2. The van der Waals surface area contributed by atoms with Crippen molar-refractivity contribution in [3.8, 4) is 0 Å². The van der Waals surface area contributed by atoms with Gasteiger partial charge in [0.15, 0.2) is 0 Å². The summed E-state index contributed by atoms with van der Waals surface area (Å²) in [5.41, 5.74) is 5.89. The third kappa shape index (κ3) is 1.48.